The normalized spacial score (nSPS) is 13.6. The van der Waals surface area contributed by atoms with Gasteiger partial charge in [0.05, 0.1) is 17.2 Å². The van der Waals surface area contributed by atoms with Gasteiger partial charge in [-0.2, -0.15) is 5.26 Å². The van der Waals surface area contributed by atoms with Gasteiger partial charge in [0.2, 0.25) is 0 Å². The minimum Gasteiger partial charge on any atom is -0.385 e. The summed E-state index contributed by atoms with van der Waals surface area (Å²) in [6, 6.07) is 12.9. The first kappa shape index (κ1) is 14.5. The molecule has 1 atom stereocenters. The number of nitriles is 1. The fraction of sp³-hybridized carbons (Fsp3) is 0.188. The molecular weight excluding hydrogens is 277 g/mol. The number of hydrogen-bond donors (Lipinski definition) is 1. The van der Waals surface area contributed by atoms with Crippen LogP contribution in [0.1, 0.15) is 23.6 Å². The zero-order chi connectivity index (χ0) is 14.8. The van der Waals surface area contributed by atoms with Crippen LogP contribution in [0.3, 0.4) is 0 Å². The Morgan fingerprint density at radius 2 is 1.90 bits per heavy atom. The van der Waals surface area contributed by atoms with E-state index in [-0.39, 0.29) is 6.42 Å². The summed E-state index contributed by atoms with van der Waals surface area (Å²) >= 11 is 5.85. The van der Waals surface area contributed by atoms with Crippen molar-refractivity contribution in [3.63, 3.8) is 0 Å². The van der Waals surface area contributed by atoms with E-state index in [2.05, 4.69) is 0 Å². The second-order valence-corrected chi connectivity index (χ2v) is 5.31. The molecule has 20 heavy (non-hydrogen) atoms. The third kappa shape index (κ3) is 3.16. The number of rotatable bonds is 3. The van der Waals surface area contributed by atoms with Crippen LogP contribution in [-0.4, -0.2) is 5.11 Å². The number of benzene rings is 2. The molecule has 4 heteroatoms. The smallest absolute Gasteiger partial charge is 0.126 e. The summed E-state index contributed by atoms with van der Waals surface area (Å²) in [4.78, 5) is 0. The summed E-state index contributed by atoms with van der Waals surface area (Å²) in [5.41, 5.74) is 0.251. The van der Waals surface area contributed by atoms with Gasteiger partial charge in [-0.05, 0) is 48.4 Å². The van der Waals surface area contributed by atoms with Gasteiger partial charge in [-0.3, -0.25) is 0 Å². The highest BCUT2D eigenvalue weighted by atomic mass is 35.5. The predicted molar refractivity (Wildman–Crippen MR) is 75.8 cm³/mol. The molecule has 2 nitrogen and oxygen atoms in total. The maximum atomic E-state index is 13.7. The summed E-state index contributed by atoms with van der Waals surface area (Å²) in [6.45, 7) is 1.61. The zero-order valence-electron chi connectivity index (χ0n) is 10.9. The van der Waals surface area contributed by atoms with Crippen LogP contribution in [0.25, 0.3) is 0 Å². The average Bonchev–Trinajstić information content (AvgIpc) is 2.43. The minimum absolute atomic E-state index is 0.102. The molecule has 2 rings (SSSR count). The first-order chi connectivity index (χ1) is 9.42. The molecule has 0 heterocycles. The Bertz CT molecular complexity index is 659. The van der Waals surface area contributed by atoms with Gasteiger partial charge >= 0.3 is 0 Å². The molecule has 1 unspecified atom stereocenters. The van der Waals surface area contributed by atoms with Crippen molar-refractivity contribution in [3.05, 3.63) is 70.0 Å². The maximum Gasteiger partial charge on any atom is 0.126 e. The Labute approximate surface area is 122 Å². The van der Waals surface area contributed by atoms with E-state index in [1.165, 1.54) is 18.2 Å². The minimum atomic E-state index is -1.24. The SMILES string of the molecule is CC(O)(Cc1cc(Cl)ccc1F)c1ccc(C#N)cc1. The predicted octanol–water partition coefficient (Wildman–Crippen LogP) is 3.80. The van der Waals surface area contributed by atoms with Crippen LogP contribution < -0.4 is 0 Å². The van der Waals surface area contributed by atoms with Gasteiger partial charge in [0.1, 0.15) is 5.82 Å². The molecule has 0 spiro atoms. The molecule has 0 saturated heterocycles. The fourth-order valence-corrected chi connectivity index (χ4v) is 2.25. The van der Waals surface area contributed by atoms with Gasteiger partial charge in [-0.15, -0.1) is 0 Å². The van der Waals surface area contributed by atoms with E-state index in [0.29, 0.717) is 21.7 Å². The summed E-state index contributed by atoms with van der Waals surface area (Å²) in [5.74, 6) is -0.400. The maximum absolute atomic E-state index is 13.7. The molecule has 0 aromatic heterocycles. The second-order valence-electron chi connectivity index (χ2n) is 4.88. The van der Waals surface area contributed by atoms with Gasteiger partial charge in [-0.1, -0.05) is 23.7 Å². The van der Waals surface area contributed by atoms with Crippen LogP contribution in [0, 0.1) is 17.1 Å². The third-order valence-corrected chi connectivity index (χ3v) is 3.41. The highest BCUT2D eigenvalue weighted by molar-refractivity contribution is 6.30. The molecule has 0 amide bonds. The molecule has 0 bridgehead atoms. The first-order valence-electron chi connectivity index (χ1n) is 6.09. The number of aliphatic hydroxyl groups is 1. The quantitative estimate of drug-likeness (QED) is 0.934. The van der Waals surface area contributed by atoms with Crippen molar-refractivity contribution in [1.29, 1.82) is 5.26 Å². The van der Waals surface area contributed by atoms with Crippen molar-refractivity contribution >= 4 is 11.6 Å². The van der Waals surface area contributed by atoms with E-state index < -0.39 is 11.4 Å². The molecule has 0 fully saturated rings. The number of nitrogens with zero attached hydrogens (tertiary/aromatic N) is 1. The van der Waals surface area contributed by atoms with Gasteiger partial charge in [0, 0.05) is 11.4 Å². The topological polar surface area (TPSA) is 44.0 Å². The van der Waals surface area contributed by atoms with E-state index in [4.69, 9.17) is 16.9 Å². The monoisotopic (exact) mass is 289 g/mol. The Hall–Kier alpha value is -1.89. The molecule has 0 aliphatic heterocycles. The molecular formula is C16H13ClFNO. The molecule has 0 aliphatic rings. The van der Waals surface area contributed by atoms with Crippen molar-refractivity contribution in [2.75, 3.05) is 0 Å². The largest absolute Gasteiger partial charge is 0.385 e. The molecule has 2 aromatic carbocycles. The molecule has 0 saturated carbocycles. The van der Waals surface area contributed by atoms with E-state index in [0.717, 1.165) is 0 Å². The van der Waals surface area contributed by atoms with Crippen molar-refractivity contribution < 1.29 is 9.50 Å². The highest BCUT2D eigenvalue weighted by Gasteiger charge is 2.25. The van der Waals surface area contributed by atoms with Gasteiger partial charge in [0.15, 0.2) is 0 Å². The first-order valence-corrected chi connectivity index (χ1v) is 6.47. The van der Waals surface area contributed by atoms with Gasteiger partial charge in [-0.25, -0.2) is 4.39 Å². The van der Waals surface area contributed by atoms with Gasteiger partial charge in [0.25, 0.3) is 0 Å². The van der Waals surface area contributed by atoms with E-state index in [9.17, 15) is 9.50 Å². The lowest BCUT2D eigenvalue weighted by Crippen LogP contribution is -2.24. The Morgan fingerprint density at radius 3 is 2.50 bits per heavy atom. The Balaban J connectivity index is 2.30. The fourth-order valence-electron chi connectivity index (χ4n) is 2.06. The summed E-state index contributed by atoms with van der Waals surface area (Å²) in [7, 11) is 0. The lowest BCUT2D eigenvalue weighted by Gasteiger charge is -2.24. The standard InChI is InChI=1S/C16H13ClFNO/c1-16(20,13-4-2-11(10-19)3-5-13)9-12-8-14(17)6-7-15(12)18/h2-8,20H,9H2,1H3. The molecule has 0 radical (unpaired) electrons. The van der Waals surface area contributed by atoms with Crippen LogP contribution in [0.5, 0.6) is 0 Å². The molecule has 2 aromatic rings. The van der Waals surface area contributed by atoms with Crippen molar-refractivity contribution in [2.45, 2.75) is 18.9 Å². The highest BCUT2D eigenvalue weighted by Crippen LogP contribution is 2.28. The average molecular weight is 290 g/mol. The number of hydrogen-bond acceptors (Lipinski definition) is 2. The van der Waals surface area contributed by atoms with Crippen LogP contribution >= 0.6 is 11.6 Å². The van der Waals surface area contributed by atoms with Crippen LogP contribution in [0.2, 0.25) is 5.02 Å². The Morgan fingerprint density at radius 1 is 1.25 bits per heavy atom. The summed E-state index contributed by atoms with van der Waals surface area (Å²) < 4.78 is 13.7. The van der Waals surface area contributed by atoms with Crippen LogP contribution in [-0.2, 0) is 12.0 Å². The second kappa shape index (κ2) is 5.62. The van der Waals surface area contributed by atoms with Crippen LogP contribution in [0.15, 0.2) is 42.5 Å². The Kier molecular flexibility index (Phi) is 4.08. The van der Waals surface area contributed by atoms with E-state index in [1.807, 2.05) is 6.07 Å². The third-order valence-electron chi connectivity index (χ3n) is 3.18. The van der Waals surface area contributed by atoms with Crippen molar-refractivity contribution in [1.82, 2.24) is 0 Å². The van der Waals surface area contributed by atoms with Crippen LogP contribution in [0.4, 0.5) is 4.39 Å². The lowest BCUT2D eigenvalue weighted by atomic mass is 9.88. The van der Waals surface area contributed by atoms with Crippen molar-refractivity contribution in [3.8, 4) is 6.07 Å². The number of halogens is 2. The zero-order valence-corrected chi connectivity index (χ0v) is 11.7. The lowest BCUT2D eigenvalue weighted by molar-refractivity contribution is 0.0567. The molecule has 1 N–H and O–H groups in total. The van der Waals surface area contributed by atoms with Gasteiger partial charge < -0.3 is 5.11 Å². The van der Waals surface area contributed by atoms with E-state index in [1.54, 1.807) is 31.2 Å². The van der Waals surface area contributed by atoms with E-state index >= 15 is 0 Å². The molecule has 102 valence electrons. The van der Waals surface area contributed by atoms with Crippen molar-refractivity contribution in [2.24, 2.45) is 0 Å². The summed E-state index contributed by atoms with van der Waals surface area (Å²) in [6.07, 6.45) is 0.102. The summed E-state index contributed by atoms with van der Waals surface area (Å²) in [5, 5.41) is 19.7. The molecule has 0 aliphatic carbocycles.